The van der Waals surface area contributed by atoms with E-state index in [0.29, 0.717) is 28.8 Å². The van der Waals surface area contributed by atoms with Gasteiger partial charge in [0.15, 0.2) is 6.61 Å². The summed E-state index contributed by atoms with van der Waals surface area (Å²) in [6.45, 7) is 4.18. The molecule has 0 spiro atoms. The third kappa shape index (κ3) is 2.84. The Labute approximate surface area is 156 Å². The summed E-state index contributed by atoms with van der Waals surface area (Å²) in [6, 6.07) is 13.5. The average molecular weight is 369 g/mol. The van der Waals surface area contributed by atoms with Gasteiger partial charge in [0.25, 0.3) is 5.91 Å². The van der Waals surface area contributed by atoms with Crippen LogP contribution in [0.4, 0.5) is 5.69 Å². The molecule has 26 heavy (non-hydrogen) atoms. The zero-order valence-corrected chi connectivity index (χ0v) is 15.2. The first-order valence-corrected chi connectivity index (χ1v) is 8.66. The number of nitrogens with zero attached hydrogens (tertiary/aromatic N) is 2. The number of ether oxygens (including phenoxy) is 1. The second kappa shape index (κ2) is 6.50. The highest BCUT2D eigenvalue weighted by Gasteiger charge is 2.28. The molecule has 0 bridgehead atoms. The molecule has 0 saturated carbocycles. The van der Waals surface area contributed by atoms with Gasteiger partial charge in [0.05, 0.1) is 22.9 Å². The summed E-state index contributed by atoms with van der Waals surface area (Å²) in [6.07, 6.45) is 0. The molecule has 0 atom stereocenters. The van der Waals surface area contributed by atoms with Gasteiger partial charge in [-0.2, -0.15) is 0 Å². The van der Waals surface area contributed by atoms with Crippen molar-refractivity contribution >= 4 is 23.2 Å². The van der Waals surface area contributed by atoms with Crippen molar-refractivity contribution in [3.05, 3.63) is 64.5 Å². The minimum absolute atomic E-state index is 0.00249. The molecule has 132 valence electrons. The molecule has 4 rings (SSSR count). The first-order valence-electron chi connectivity index (χ1n) is 8.28. The molecule has 5 nitrogen and oxygen atoms in total. The van der Waals surface area contributed by atoms with Crippen molar-refractivity contribution in [2.45, 2.75) is 20.4 Å². The number of anilines is 1. The number of rotatable bonds is 3. The van der Waals surface area contributed by atoms with Crippen LogP contribution in [0.25, 0.3) is 11.1 Å². The number of amides is 1. The van der Waals surface area contributed by atoms with Gasteiger partial charge in [-0.3, -0.25) is 4.79 Å². The van der Waals surface area contributed by atoms with E-state index in [1.54, 1.807) is 11.0 Å². The van der Waals surface area contributed by atoms with Crippen molar-refractivity contribution in [2.24, 2.45) is 0 Å². The zero-order chi connectivity index (χ0) is 18.3. The van der Waals surface area contributed by atoms with Crippen LogP contribution in [-0.2, 0) is 11.3 Å². The first kappa shape index (κ1) is 16.7. The van der Waals surface area contributed by atoms with Crippen molar-refractivity contribution in [1.82, 2.24) is 5.16 Å². The topological polar surface area (TPSA) is 55.6 Å². The van der Waals surface area contributed by atoms with Gasteiger partial charge < -0.3 is 14.2 Å². The molecule has 0 aliphatic carbocycles. The molecular formula is C20H17ClN2O3. The molecule has 6 heteroatoms. The Morgan fingerprint density at radius 1 is 1.19 bits per heavy atom. The molecular weight excluding hydrogens is 352 g/mol. The van der Waals surface area contributed by atoms with Gasteiger partial charge in [0, 0.05) is 11.1 Å². The molecule has 3 aromatic rings. The molecule has 2 heterocycles. The maximum absolute atomic E-state index is 12.4. The largest absolute Gasteiger partial charge is 0.482 e. The Balaban J connectivity index is 1.78. The summed E-state index contributed by atoms with van der Waals surface area (Å²) in [4.78, 5) is 14.1. The van der Waals surface area contributed by atoms with Crippen molar-refractivity contribution in [3.63, 3.8) is 0 Å². The molecule has 1 aliphatic rings. The summed E-state index contributed by atoms with van der Waals surface area (Å²) < 4.78 is 10.9. The number of halogens is 1. The summed E-state index contributed by atoms with van der Waals surface area (Å²) in [5, 5.41) is 4.51. The number of aromatic nitrogens is 1. The van der Waals surface area contributed by atoms with Crippen LogP contribution in [0.3, 0.4) is 0 Å². The highest BCUT2D eigenvalue weighted by atomic mass is 35.5. The minimum atomic E-state index is -0.0949. The van der Waals surface area contributed by atoms with E-state index in [0.717, 1.165) is 22.4 Å². The van der Waals surface area contributed by atoms with Crippen molar-refractivity contribution in [1.29, 1.82) is 0 Å². The molecule has 0 fully saturated rings. The average Bonchev–Trinajstić information content (AvgIpc) is 2.97. The van der Waals surface area contributed by atoms with E-state index in [1.807, 2.05) is 50.2 Å². The summed E-state index contributed by atoms with van der Waals surface area (Å²) in [5.41, 5.74) is 4.12. The van der Waals surface area contributed by atoms with Crippen LogP contribution in [0.2, 0.25) is 5.02 Å². The summed E-state index contributed by atoms with van der Waals surface area (Å²) in [5.74, 6) is 1.22. The highest BCUT2D eigenvalue weighted by molar-refractivity contribution is 6.34. The predicted octanol–water partition coefficient (Wildman–Crippen LogP) is 4.54. The van der Waals surface area contributed by atoms with Gasteiger partial charge >= 0.3 is 0 Å². The Morgan fingerprint density at radius 2 is 1.96 bits per heavy atom. The number of aryl methyl sites for hydroxylation is 2. The van der Waals surface area contributed by atoms with E-state index in [9.17, 15) is 4.79 Å². The highest BCUT2D eigenvalue weighted by Crippen LogP contribution is 2.42. The van der Waals surface area contributed by atoms with E-state index in [-0.39, 0.29) is 12.5 Å². The molecule has 1 aromatic heterocycles. The second-order valence-corrected chi connectivity index (χ2v) is 6.66. The van der Waals surface area contributed by atoms with Crippen LogP contribution in [-0.4, -0.2) is 17.7 Å². The number of hydrogen-bond donors (Lipinski definition) is 0. The number of hydrogen-bond acceptors (Lipinski definition) is 4. The van der Waals surface area contributed by atoms with E-state index in [1.165, 1.54) is 0 Å². The number of fused-ring (bicyclic) bond motifs is 1. The maximum Gasteiger partial charge on any atom is 0.265 e. The Morgan fingerprint density at radius 3 is 2.65 bits per heavy atom. The smallest absolute Gasteiger partial charge is 0.265 e. The van der Waals surface area contributed by atoms with Gasteiger partial charge in [0.2, 0.25) is 0 Å². The van der Waals surface area contributed by atoms with Crippen LogP contribution in [0.1, 0.15) is 17.0 Å². The SMILES string of the molecule is Cc1noc(C)c1-c1cc2c(cc1Cl)N(Cc1ccccc1)C(=O)CO2. The standard InChI is InChI=1S/C20H17ClN2O3/c1-12-20(13(2)26-22-12)15-8-18-17(9-16(15)21)23(19(24)11-25-18)10-14-6-4-3-5-7-14/h3-9H,10-11H2,1-2H3. The molecule has 0 radical (unpaired) electrons. The third-order valence-electron chi connectivity index (χ3n) is 4.48. The van der Waals surface area contributed by atoms with Gasteiger partial charge in [-0.1, -0.05) is 47.1 Å². The van der Waals surface area contributed by atoms with E-state index >= 15 is 0 Å². The van der Waals surface area contributed by atoms with Crippen molar-refractivity contribution in [2.75, 3.05) is 11.5 Å². The third-order valence-corrected chi connectivity index (χ3v) is 4.79. The van der Waals surface area contributed by atoms with Crippen LogP contribution < -0.4 is 9.64 Å². The lowest BCUT2D eigenvalue weighted by Gasteiger charge is -2.30. The zero-order valence-electron chi connectivity index (χ0n) is 14.5. The lowest BCUT2D eigenvalue weighted by molar-refractivity contribution is -0.121. The lowest BCUT2D eigenvalue weighted by Crippen LogP contribution is -2.38. The number of carbonyl (C=O) groups is 1. The van der Waals surface area contributed by atoms with Crippen LogP contribution in [0, 0.1) is 13.8 Å². The molecule has 0 unspecified atom stereocenters. The van der Waals surface area contributed by atoms with E-state index in [4.69, 9.17) is 20.9 Å². The number of carbonyl (C=O) groups excluding carboxylic acids is 1. The van der Waals surface area contributed by atoms with Gasteiger partial charge in [-0.05, 0) is 31.5 Å². The fourth-order valence-corrected chi connectivity index (χ4v) is 3.47. The molecule has 2 aromatic carbocycles. The first-order chi connectivity index (χ1) is 12.5. The van der Waals surface area contributed by atoms with Gasteiger partial charge in [0.1, 0.15) is 11.5 Å². The van der Waals surface area contributed by atoms with E-state index < -0.39 is 0 Å². The second-order valence-electron chi connectivity index (χ2n) is 6.25. The number of benzene rings is 2. The summed E-state index contributed by atoms with van der Waals surface area (Å²) in [7, 11) is 0. The van der Waals surface area contributed by atoms with Crippen molar-refractivity contribution in [3.8, 4) is 16.9 Å². The van der Waals surface area contributed by atoms with Crippen LogP contribution >= 0.6 is 11.6 Å². The van der Waals surface area contributed by atoms with Crippen LogP contribution in [0.5, 0.6) is 5.75 Å². The summed E-state index contributed by atoms with van der Waals surface area (Å²) >= 11 is 6.55. The lowest BCUT2D eigenvalue weighted by atomic mass is 10.0. The van der Waals surface area contributed by atoms with E-state index in [2.05, 4.69) is 5.16 Å². The Kier molecular flexibility index (Phi) is 4.17. The predicted molar refractivity (Wildman–Crippen MR) is 99.6 cm³/mol. The molecule has 1 aliphatic heterocycles. The van der Waals surface area contributed by atoms with Crippen LogP contribution in [0.15, 0.2) is 47.0 Å². The fourth-order valence-electron chi connectivity index (χ4n) is 3.22. The van der Waals surface area contributed by atoms with Gasteiger partial charge in [-0.15, -0.1) is 0 Å². The molecule has 0 N–H and O–H groups in total. The minimum Gasteiger partial charge on any atom is -0.482 e. The van der Waals surface area contributed by atoms with Gasteiger partial charge in [-0.25, -0.2) is 0 Å². The Hall–Kier alpha value is -2.79. The monoisotopic (exact) mass is 368 g/mol. The molecule has 1 amide bonds. The molecule has 0 saturated heterocycles. The maximum atomic E-state index is 12.4. The van der Waals surface area contributed by atoms with Crippen molar-refractivity contribution < 1.29 is 14.1 Å². The Bertz CT molecular complexity index is 963. The quantitative estimate of drug-likeness (QED) is 0.681. The fraction of sp³-hybridized carbons (Fsp3) is 0.200. The normalized spacial score (nSPS) is 13.5.